The Morgan fingerprint density at radius 1 is 1.11 bits per heavy atom. The lowest BCUT2D eigenvalue weighted by molar-refractivity contribution is -0.132. The number of amides is 1. The number of nitrogens with zero attached hydrogens (tertiary/aromatic N) is 1. The van der Waals surface area contributed by atoms with Gasteiger partial charge in [-0.1, -0.05) is 49.1 Å². The fourth-order valence-electron chi connectivity index (χ4n) is 4.10. The molecule has 1 atom stereocenters. The monoisotopic (exact) mass is 401 g/mol. The van der Waals surface area contributed by atoms with Gasteiger partial charge in [-0.15, -0.1) is 11.3 Å². The van der Waals surface area contributed by atoms with Crippen LogP contribution in [0, 0.1) is 0 Å². The number of thiophene rings is 1. The number of aliphatic hydroxyl groups is 1. The van der Waals surface area contributed by atoms with Gasteiger partial charge < -0.3 is 10.0 Å². The van der Waals surface area contributed by atoms with Crippen LogP contribution in [0.15, 0.2) is 53.1 Å². The predicted octanol–water partition coefficient (Wildman–Crippen LogP) is 5.31. The average Bonchev–Trinajstić information content (AvgIpc) is 3.31. The molecule has 4 nitrogen and oxygen atoms in total. The number of carbonyl (C=O) groups is 2. The first-order valence-electron chi connectivity index (χ1n) is 9.17. The molecule has 2 aromatic rings. The van der Waals surface area contributed by atoms with Crippen LogP contribution in [0.5, 0.6) is 0 Å². The number of aliphatic hydroxyl groups excluding tert-OH is 1. The van der Waals surface area contributed by atoms with Gasteiger partial charge in [0.1, 0.15) is 0 Å². The molecular formula is C21H20ClNO3S. The van der Waals surface area contributed by atoms with Crippen LogP contribution in [-0.2, 0) is 4.79 Å². The molecule has 2 aliphatic rings. The van der Waals surface area contributed by atoms with E-state index in [1.165, 1.54) is 11.3 Å². The molecule has 1 aliphatic carbocycles. The third kappa shape index (κ3) is 3.30. The highest BCUT2D eigenvalue weighted by Crippen LogP contribution is 2.43. The van der Waals surface area contributed by atoms with E-state index in [1.807, 2.05) is 17.5 Å². The van der Waals surface area contributed by atoms with Crippen LogP contribution < -0.4 is 0 Å². The first kappa shape index (κ1) is 18.3. The van der Waals surface area contributed by atoms with Gasteiger partial charge in [0.05, 0.1) is 16.5 Å². The maximum atomic E-state index is 13.1. The zero-order valence-electron chi connectivity index (χ0n) is 14.7. The van der Waals surface area contributed by atoms with Crippen molar-refractivity contribution in [2.24, 2.45) is 0 Å². The Bertz CT molecular complexity index is 883. The van der Waals surface area contributed by atoms with Gasteiger partial charge in [0, 0.05) is 11.1 Å². The number of halogens is 1. The van der Waals surface area contributed by atoms with Crippen molar-refractivity contribution in [3.8, 4) is 0 Å². The first-order valence-corrected chi connectivity index (χ1v) is 10.4. The van der Waals surface area contributed by atoms with Crippen molar-refractivity contribution in [1.29, 1.82) is 0 Å². The van der Waals surface area contributed by atoms with Crippen molar-refractivity contribution in [2.45, 2.75) is 44.2 Å². The van der Waals surface area contributed by atoms with Crippen LogP contribution in [-0.4, -0.2) is 27.7 Å². The van der Waals surface area contributed by atoms with Crippen molar-refractivity contribution in [3.63, 3.8) is 0 Å². The number of hydrogen-bond donors (Lipinski definition) is 1. The summed E-state index contributed by atoms with van der Waals surface area (Å²) in [6.07, 6.45) is 5.05. The number of Topliss-reactive ketones (excluding diaryl/α,β-unsaturated/α-hetero) is 1. The third-order valence-electron chi connectivity index (χ3n) is 5.39. The molecule has 1 amide bonds. The zero-order valence-corrected chi connectivity index (χ0v) is 16.3. The van der Waals surface area contributed by atoms with Crippen LogP contribution in [0.3, 0.4) is 0 Å². The summed E-state index contributed by atoms with van der Waals surface area (Å²) in [5.41, 5.74) is 0.970. The summed E-state index contributed by atoms with van der Waals surface area (Å²) >= 11 is 7.35. The Balaban J connectivity index is 1.80. The molecule has 1 aromatic carbocycles. The van der Waals surface area contributed by atoms with Gasteiger partial charge in [-0.3, -0.25) is 9.59 Å². The Labute approximate surface area is 167 Å². The molecule has 2 heterocycles. The van der Waals surface area contributed by atoms with Crippen molar-refractivity contribution in [1.82, 2.24) is 4.90 Å². The normalized spacial score (nSPS) is 21.1. The largest absolute Gasteiger partial charge is 0.503 e. The fourth-order valence-corrected chi connectivity index (χ4v) is 4.91. The predicted molar refractivity (Wildman–Crippen MR) is 106 cm³/mol. The molecule has 1 aliphatic heterocycles. The second kappa shape index (κ2) is 7.49. The molecule has 0 radical (unpaired) electrons. The lowest BCUT2D eigenvalue weighted by Gasteiger charge is -2.36. The van der Waals surface area contributed by atoms with Gasteiger partial charge in [-0.05, 0) is 42.0 Å². The number of rotatable bonds is 4. The van der Waals surface area contributed by atoms with Crippen LogP contribution >= 0.6 is 22.9 Å². The van der Waals surface area contributed by atoms with E-state index in [9.17, 15) is 14.7 Å². The Morgan fingerprint density at radius 3 is 2.44 bits per heavy atom. The summed E-state index contributed by atoms with van der Waals surface area (Å²) in [7, 11) is 0. The van der Waals surface area contributed by atoms with E-state index in [0.717, 1.165) is 37.7 Å². The van der Waals surface area contributed by atoms with Gasteiger partial charge in [0.2, 0.25) is 5.78 Å². The second-order valence-electron chi connectivity index (χ2n) is 7.03. The maximum absolute atomic E-state index is 13.1. The quantitative estimate of drug-likeness (QED) is 0.706. The summed E-state index contributed by atoms with van der Waals surface area (Å²) < 4.78 is 0. The average molecular weight is 402 g/mol. The highest BCUT2D eigenvalue weighted by molar-refractivity contribution is 7.12. The standard InChI is InChI=1S/C21H20ClNO3S/c22-14-10-8-13(9-11-14)18-17(19(24)16-7-4-12-27-16)20(25)21(26)23(18)15-5-2-1-3-6-15/h4,7-12,15,18,25H,1-3,5-6H2. The molecule has 27 heavy (non-hydrogen) atoms. The summed E-state index contributed by atoms with van der Waals surface area (Å²) in [5, 5.41) is 13.1. The van der Waals surface area contributed by atoms with Gasteiger partial charge in [0.25, 0.3) is 5.91 Å². The van der Waals surface area contributed by atoms with Crippen LogP contribution in [0.1, 0.15) is 53.4 Å². The van der Waals surface area contributed by atoms with Gasteiger partial charge in [-0.25, -0.2) is 0 Å². The molecule has 1 unspecified atom stereocenters. The van der Waals surface area contributed by atoms with Gasteiger partial charge in [0.15, 0.2) is 5.76 Å². The Kier molecular flexibility index (Phi) is 5.06. The summed E-state index contributed by atoms with van der Waals surface area (Å²) in [5.74, 6) is -1.14. The Hall–Kier alpha value is -2.11. The van der Waals surface area contributed by atoms with Gasteiger partial charge in [-0.2, -0.15) is 0 Å². The first-order chi connectivity index (χ1) is 13.1. The lowest BCUT2D eigenvalue weighted by Crippen LogP contribution is -2.41. The minimum Gasteiger partial charge on any atom is -0.503 e. The minimum absolute atomic E-state index is 0.0303. The maximum Gasteiger partial charge on any atom is 0.290 e. The van der Waals surface area contributed by atoms with E-state index in [1.54, 1.807) is 29.2 Å². The molecule has 140 valence electrons. The number of benzene rings is 1. The second-order valence-corrected chi connectivity index (χ2v) is 8.41. The van der Waals surface area contributed by atoms with Crippen LogP contribution in [0.2, 0.25) is 5.02 Å². The van der Waals surface area contributed by atoms with E-state index < -0.39 is 17.7 Å². The highest BCUT2D eigenvalue weighted by atomic mass is 35.5. The summed E-state index contributed by atoms with van der Waals surface area (Å²) in [6, 6.07) is 10.1. The van der Waals surface area contributed by atoms with Crippen LogP contribution in [0.25, 0.3) is 0 Å². The molecule has 1 aromatic heterocycles. The van der Waals surface area contributed by atoms with Crippen molar-refractivity contribution < 1.29 is 14.7 Å². The molecular weight excluding hydrogens is 382 g/mol. The molecule has 0 saturated heterocycles. The van der Waals surface area contributed by atoms with E-state index in [2.05, 4.69) is 0 Å². The smallest absolute Gasteiger partial charge is 0.290 e. The number of carbonyl (C=O) groups excluding carboxylic acids is 2. The van der Waals surface area contributed by atoms with Crippen molar-refractivity contribution in [2.75, 3.05) is 0 Å². The van der Waals surface area contributed by atoms with E-state index in [0.29, 0.717) is 9.90 Å². The van der Waals surface area contributed by atoms with Gasteiger partial charge >= 0.3 is 0 Å². The molecule has 4 rings (SSSR count). The number of hydrogen-bond acceptors (Lipinski definition) is 4. The molecule has 1 N–H and O–H groups in total. The Morgan fingerprint density at radius 2 is 1.81 bits per heavy atom. The summed E-state index contributed by atoms with van der Waals surface area (Å²) in [4.78, 5) is 28.4. The zero-order chi connectivity index (χ0) is 19.0. The van der Waals surface area contributed by atoms with Crippen LogP contribution in [0.4, 0.5) is 0 Å². The molecule has 0 bridgehead atoms. The lowest BCUT2D eigenvalue weighted by atomic mass is 9.90. The molecule has 0 spiro atoms. The highest BCUT2D eigenvalue weighted by Gasteiger charge is 2.46. The topological polar surface area (TPSA) is 57.6 Å². The molecule has 6 heteroatoms. The van der Waals surface area contributed by atoms with E-state index in [4.69, 9.17) is 11.6 Å². The van der Waals surface area contributed by atoms with Crippen molar-refractivity contribution >= 4 is 34.6 Å². The third-order valence-corrected chi connectivity index (χ3v) is 6.51. The van der Waals surface area contributed by atoms with Crippen molar-refractivity contribution in [3.05, 3.63) is 68.6 Å². The summed E-state index contributed by atoms with van der Waals surface area (Å²) in [6.45, 7) is 0. The molecule has 1 saturated carbocycles. The minimum atomic E-state index is -0.576. The fraction of sp³-hybridized carbons (Fsp3) is 0.333. The SMILES string of the molecule is O=C(C1=C(O)C(=O)N(C2CCCCC2)C1c1ccc(Cl)cc1)c1cccs1. The number of ketones is 1. The van der Waals surface area contributed by atoms with E-state index in [-0.39, 0.29) is 17.4 Å². The van der Waals surface area contributed by atoms with E-state index >= 15 is 0 Å². The molecule has 1 fully saturated rings.